The van der Waals surface area contributed by atoms with E-state index in [2.05, 4.69) is 10.5 Å². The number of benzene rings is 3. The summed E-state index contributed by atoms with van der Waals surface area (Å²) in [5, 5.41) is 15.9. The fourth-order valence-corrected chi connectivity index (χ4v) is 3.01. The number of hydrogen-bond acceptors (Lipinski definition) is 6. The molecule has 2 N–H and O–H groups in total. The van der Waals surface area contributed by atoms with Gasteiger partial charge in [0.05, 0.1) is 12.8 Å². The van der Waals surface area contributed by atoms with Crippen molar-refractivity contribution in [1.82, 2.24) is 5.43 Å². The van der Waals surface area contributed by atoms with Gasteiger partial charge >= 0.3 is 0 Å². The van der Waals surface area contributed by atoms with Crippen LogP contribution in [0.15, 0.2) is 59.7 Å². The summed E-state index contributed by atoms with van der Waals surface area (Å²) in [7, 11) is 0. The van der Waals surface area contributed by atoms with Crippen molar-refractivity contribution in [1.29, 1.82) is 0 Å². The number of carbonyl (C=O) groups excluding carboxylic acids is 1. The second kappa shape index (κ2) is 8.10. The Bertz CT molecular complexity index is 1080. The highest BCUT2D eigenvalue weighted by atomic mass is 16.6. The highest BCUT2D eigenvalue weighted by Crippen LogP contribution is 2.35. The van der Waals surface area contributed by atoms with Gasteiger partial charge in [-0.3, -0.25) is 4.79 Å². The van der Waals surface area contributed by atoms with Crippen LogP contribution in [0, 0.1) is 0 Å². The van der Waals surface area contributed by atoms with Crippen molar-refractivity contribution in [2.24, 2.45) is 5.10 Å². The number of fused-ring (bicyclic) bond motifs is 2. The lowest BCUT2D eigenvalue weighted by Gasteiger charge is -2.25. The number of nitrogens with one attached hydrogen (secondary N) is 1. The van der Waals surface area contributed by atoms with Crippen molar-refractivity contribution < 1.29 is 24.1 Å². The number of rotatable bonds is 5. The van der Waals surface area contributed by atoms with Crippen molar-refractivity contribution >= 4 is 22.9 Å². The zero-order valence-corrected chi connectivity index (χ0v) is 15.8. The molecule has 1 aliphatic rings. The Hall–Kier alpha value is -3.74. The summed E-state index contributed by atoms with van der Waals surface area (Å²) in [6.07, 6.45) is 0.531. The van der Waals surface area contributed by atoms with Gasteiger partial charge < -0.3 is 19.3 Å². The van der Waals surface area contributed by atoms with Crippen molar-refractivity contribution in [2.75, 3.05) is 13.2 Å². The first-order valence-electron chi connectivity index (χ1n) is 9.25. The van der Waals surface area contributed by atoms with Gasteiger partial charge in [0.15, 0.2) is 11.5 Å². The molecule has 3 aromatic carbocycles. The van der Waals surface area contributed by atoms with E-state index in [1.807, 2.05) is 43.3 Å². The number of aromatic hydroxyl groups is 1. The molecule has 0 saturated carbocycles. The van der Waals surface area contributed by atoms with E-state index in [1.165, 1.54) is 12.3 Å². The quantitative estimate of drug-likeness (QED) is 0.514. The molecule has 0 fully saturated rings. The molecule has 0 saturated heterocycles. The van der Waals surface area contributed by atoms with Crippen LogP contribution in [-0.2, 0) is 4.79 Å². The Morgan fingerprint density at radius 1 is 1.21 bits per heavy atom. The smallest absolute Gasteiger partial charge is 0.284 e. The predicted octanol–water partition coefficient (Wildman–Crippen LogP) is 3.23. The number of phenols is 1. The molecule has 0 radical (unpaired) electrons. The van der Waals surface area contributed by atoms with Crippen LogP contribution < -0.4 is 19.6 Å². The predicted molar refractivity (Wildman–Crippen MR) is 109 cm³/mol. The lowest BCUT2D eigenvalue weighted by Crippen LogP contribution is -2.42. The Morgan fingerprint density at radius 2 is 1.97 bits per heavy atom. The summed E-state index contributed by atoms with van der Waals surface area (Å²) in [6, 6.07) is 16.5. The number of hydrazone groups is 1. The fourth-order valence-electron chi connectivity index (χ4n) is 3.01. The van der Waals surface area contributed by atoms with Gasteiger partial charge in [-0.2, -0.15) is 5.10 Å². The molecule has 0 aliphatic carbocycles. The molecule has 29 heavy (non-hydrogen) atoms. The Balaban J connectivity index is 1.41. The lowest BCUT2D eigenvalue weighted by atomic mass is 10.1. The summed E-state index contributed by atoms with van der Waals surface area (Å²) < 4.78 is 16.8. The van der Waals surface area contributed by atoms with E-state index in [0.29, 0.717) is 29.4 Å². The van der Waals surface area contributed by atoms with Gasteiger partial charge in [-0.15, -0.1) is 0 Å². The highest BCUT2D eigenvalue weighted by molar-refractivity contribution is 5.88. The molecule has 1 amide bonds. The van der Waals surface area contributed by atoms with E-state index < -0.39 is 12.0 Å². The average Bonchev–Trinajstić information content (AvgIpc) is 2.73. The molecule has 0 bridgehead atoms. The molecule has 0 spiro atoms. The summed E-state index contributed by atoms with van der Waals surface area (Å²) in [4.78, 5) is 12.4. The van der Waals surface area contributed by atoms with Crippen LogP contribution in [0.3, 0.4) is 0 Å². The first-order valence-corrected chi connectivity index (χ1v) is 9.25. The molecule has 0 aromatic heterocycles. The molecule has 7 heteroatoms. The van der Waals surface area contributed by atoms with Gasteiger partial charge in [-0.05, 0) is 42.0 Å². The average molecular weight is 392 g/mol. The topological polar surface area (TPSA) is 89.4 Å². The molecule has 3 aromatic rings. The maximum absolute atomic E-state index is 12.4. The van der Waals surface area contributed by atoms with Crippen LogP contribution in [-0.4, -0.2) is 36.5 Å². The van der Waals surface area contributed by atoms with Crippen LogP contribution in [0.25, 0.3) is 10.8 Å². The summed E-state index contributed by atoms with van der Waals surface area (Å²) in [5.41, 5.74) is 2.87. The summed E-state index contributed by atoms with van der Waals surface area (Å²) >= 11 is 0. The number of ether oxygens (including phenoxy) is 3. The normalized spacial score (nSPS) is 15.4. The van der Waals surface area contributed by atoms with E-state index in [0.717, 1.165) is 10.8 Å². The van der Waals surface area contributed by atoms with Crippen molar-refractivity contribution in [3.05, 3.63) is 60.2 Å². The molecule has 148 valence electrons. The van der Waals surface area contributed by atoms with Gasteiger partial charge in [0.25, 0.3) is 5.91 Å². The minimum Gasteiger partial charge on any atom is -0.507 e. The number of phenolic OH excluding ortho intramolecular Hbond substituents is 1. The Labute approximate surface area is 167 Å². The zero-order chi connectivity index (χ0) is 20.2. The SMILES string of the molecule is CCOc1ccc(/C=N/NC(=O)C2COc3cc4ccccc4cc3O2)c(O)c1. The van der Waals surface area contributed by atoms with Crippen LogP contribution in [0.2, 0.25) is 0 Å². The number of hydrogen-bond donors (Lipinski definition) is 2. The van der Waals surface area contributed by atoms with Crippen molar-refractivity contribution in [3.8, 4) is 23.0 Å². The standard InChI is InChI=1S/C22H20N2O5/c1-2-27-17-8-7-16(18(25)11-17)12-23-24-22(26)21-13-28-19-9-14-5-3-4-6-15(14)10-20(19)29-21/h3-12,21,25H,2,13H2,1H3,(H,24,26)/b23-12+. The van der Waals surface area contributed by atoms with Crippen LogP contribution in [0.4, 0.5) is 0 Å². The van der Waals surface area contributed by atoms with Gasteiger partial charge in [0.2, 0.25) is 6.10 Å². The van der Waals surface area contributed by atoms with Gasteiger partial charge in [-0.25, -0.2) is 5.43 Å². The lowest BCUT2D eigenvalue weighted by molar-refractivity contribution is -0.130. The zero-order valence-electron chi connectivity index (χ0n) is 15.8. The summed E-state index contributed by atoms with van der Waals surface area (Å²) in [5.74, 6) is 1.25. The highest BCUT2D eigenvalue weighted by Gasteiger charge is 2.27. The van der Waals surface area contributed by atoms with Crippen molar-refractivity contribution in [3.63, 3.8) is 0 Å². The third-order valence-corrected chi connectivity index (χ3v) is 4.46. The second-order valence-electron chi connectivity index (χ2n) is 6.45. The van der Waals surface area contributed by atoms with Crippen LogP contribution in [0.5, 0.6) is 23.0 Å². The molecule has 1 unspecified atom stereocenters. The first kappa shape index (κ1) is 18.6. The van der Waals surface area contributed by atoms with E-state index in [1.54, 1.807) is 12.1 Å². The van der Waals surface area contributed by atoms with E-state index >= 15 is 0 Å². The van der Waals surface area contributed by atoms with Gasteiger partial charge in [-0.1, -0.05) is 24.3 Å². The van der Waals surface area contributed by atoms with Crippen LogP contribution >= 0.6 is 0 Å². The van der Waals surface area contributed by atoms with E-state index in [9.17, 15) is 9.90 Å². The number of carbonyl (C=O) groups is 1. The fraction of sp³-hybridized carbons (Fsp3) is 0.182. The van der Waals surface area contributed by atoms with E-state index in [4.69, 9.17) is 14.2 Å². The van der Waals surface area contributed by atoms with Gasteiger partial charge in [0.1, 0.15) is 18.1 Å². The molecule has 1 heterocycles. The Morgan fingerprint density at radius 3 is 2.69 bits per heavy atom. The van der Waals surface area contributed by atoms with E-state index in [-0.39, 0.29) is 12.4 Å². The molecule has 1 atom stereocenters. The minimum atomic E-state index is -0.824. The largest absolute Gasteiger partial charge is 0.507 e. The monoisotopic (exact) mass is 392 g/mol. The Kier molecular flexibility index (Phi) is 5.20. The number of nitrogens with zero attached hydrogens (tertiary/aromatic N) is 1. The maximum atomic E-state index is 12.4. The number of amides is 1. The third-order valence-electron chi connectivity index (χ3n) is 4.46. The van der Waals surface area contributed by atoms with Crippen LogP contribution in [0.1, 0.15) is 12.5 Å². The van der Waals surface area contributed by atoms with Gasteiger partial charge in [0, 0.05) is 11.6 Å². The second-order valence-corrected chi connectivity index (χ2v) is 6.45. The molecular formula is C22H20N2O5. The molecule has 7 nitrogen and oxygen atoms in total. The third kappa shape index (κ3) is 4.08. The first-order chi connectivity index (χ1) is 14.1. The maximum Gasteiger partial charge on any atom is 0.284 e. The minimum absolute atomic E-state index is 0.00649. The summed E-state index contributed by atoms with van der Waals surface area (Å²) in [6.45, 7) is 2.45. The van der Waals surface area contributed by atoms with Crippen molar-refractivity contribution in [2.45, 2.75) is 13.0 Å². The molecule has 1 aliphatic heterocycles. The molecular weight excluding hydrogens is 372 g/mol. The molecule has 4 rings (SSSR count).